The molecule has 0 saturated carbocycles. The summed E-state index contributed by atoms with van der Waals surface area (Å²) in [6, 6.07) is 11.7. The van der Waals surface area contributed by atoms with Crippen LogP contribution in [0.15, 0.2) is 47.7 Å². The van der Waals surface area contributed by atoms with E-state index >= 15 is 0 Å². The number of nitrogens with zero attached hydrogens (tertiary/aromatic N) is 4. The van der Waals surface area contributed by atoms with Crippen molar-refractivity contribution < 1.29 is 0 Å². The Bertz CT molecular complexity index is 767. The molecule has 0 amide bonds. The number of aliphatic imine (C=N–C) groups is 1. The molecule has 2 heterocycles. The van der Waals surface area contributed by atoms with Gasteiger partial charge in [0.25, 0.3) is 0 Å². The third-order valence-electron chi connectivity index (χ3n) is 5.58. The summed E-state index contributed by atoms with van der Waals surface area (Å²) in [6.07, 6.45) is 6.17. The number of benzene rings is 1. The lowest BCUT2D eigenvalue weighted by Crippen LogP contribution is -2.51. The molecule has 1 saturated heterocycles. The summed E-state index contributed by atoms with van der Waals surface area (Å²) in [5, 5.41) is 7.06. The minimum atomic E-state index is 0.443. The lowest BCUT2D eigenvalue weighted by molar-refractivity contribution is 0.134. The van der Waals surface area contributed by atoms with Crippen LogP contribution in [0.3, 0.4) is 0 Å². The number of imidazole rings is 1. The van der Waals surface area contributed by atoms with Gasteiger partial charge in [0.05, 0.1) is 6.54 Å². The Hall–Kier alpha value is -2.34. The topological polar surface area (TPSA) is 57.5 Å². The van der Waals surface area contributed by atoms with Crippen molar-refractivity contribution in [2.24, 2.45) is 10.9 Å². The van der Waals surface area contributed by atoms with Gasteiger partial charge in [-0.15, -0.1) is 0 Å². The monoisotopic (exact) mass is 396 g/mol. The maximum absolute atomic E-state index is 4.50. The third kappa shape index (κ3) is 6.32. The quantitative estimate of drug-likeness (QED) is 0.557. The van der Waals surface area contributed by atoms with Crippen molar-refractivity contribution in [3.05, 3.63) is 54.1 Å². The molecule has 0 spiro atoms. The highest BCUT2D eigenvalue weighted by Gasteiger charge is 2.26. The predicted molar refractivity (Wildman–Crippen MR) is 120 cm³/mol. The van der Waals surface area contributed by atoms with Crippen LogP contribution in [-0.4, -0.2) is 46.1 Å². The summed E-state index contributed by atoms with van der Waals surface area (Å²) in [7, 11) is 1.84. The number of rotatable bonds is 7. The van der Waals surface area contributed by atoms with Gasteiger partial charge in [0.1, 0.15) is 5.82 Å². The van der Waals surface area contributed by atoms with Gasteiger partial charge < -0.3 is 15.2 Å². The first kappa shape index (κ1) is 21.4. The summed E-state index contributed by atoms with van der Waals surface area (Å²) in [5.74, 6) is 2.51. The molecule has 2 N–H and O–H groups in total. The predicted octanol–water partition coefficient (Wildman–Crippen LogP) is 3.26. The maximum atomic E-state index is 4.50. The minimum absolute atomic E-state index is 0.443. The smallest absolute Gasteiger partial charge is 0.191 e. The largest absolute Gasteiger partial charge is 0.354 e. The Morgan fingerprint density at radius 2 is 2.07 bits per heavy atom. The molecule has 2 aromatic rings. The molecule has 6 heteroatoms. The number of guanidine groups is 1. The Morgan fingerprint density at radius 3 is 2.76 bits per heavy atom. The number of nitrogens with one attached hydrogen (secondary N) is 2. The summed E-state index contributed by atoms with van der Waals surface area (Å²) < 4.78 is 2.22. The SMILES string of the molecule is CN=C(NCc1nccn1CC(C)C)NC1CCN(Cc2ccccc2)C(C)C1. The summed E-state index contributed by atoms with van der Waals surface area (Å²) in [4.78, 5) is 11.5. The number of aromatic nitrogens is 2. The molecule has 1 fully saturated rings. The van der Waals surface area contributed by atoms with Crippen LogP contribution >= 0.6 is 0 Å². The zero-order valence-corrected chi connectivity index (χ0v) is 18.3. The van der Waals surface area contributed by atoms with Gasteiger partial charge in [-0.2, -0.15) is 0 Å². The van der Waals surface area contributed by atoms with Crippen LogP contribution in [0.2, 0.25) is 0 Å². The fourth-order valence-electron chi connectivity index (χ4n) is 4.02. The number of likely N-dealkylation sites (tertiary alicyclic amines) is 1. The van der Waals surface area contributed by atoms with Crippen LogP contribution in [0.25, 0.3) is 0 Å². The Kier molecular flexibility index (Phi) is 7.69. The summed E-state index contributed by atoms with van der Waals surface area (Å²) in [6.45, 7) is 10.6. The standard InChI is InChI=1S/C23H36N6/c1-18(2)16-29-13-11-25-22(29)15-26-23(24-4)27-21-10-12-28(19(3)14-21)17-20-8-6-5-7-9-20/h5-9,11,13,18-19,21H,10,12,14-17H2,1-4H3,(H2,24,26,27). The molecule has 0 bridgehead atoms. The van der Waals surface area contributed by atoms with Crippen molar-refractivity contribution in [2.75, 3.05) is 13.6 Å². The third-order valence-corrected chi connectivity index (χ3v) is 5.58. The van der Waals surface area contributed by atoms with E-state index in [1.165, 1.54) is 5.56 Å². The van der Waals surface area contributed by atoms with Gasteiger partial charge in [0, 0.05) is 51.2 Å². The van der Waals surface area contributed by atoms with E-state index in [-0.39, 0.29) is 0 Å². The Morgan fingerprint density at radius 1 is 1.28 bits per heavy atom. The molecular formula is C23H36N6. The van der Waals surface area contributed by atoms with E-state index < -0.39 is 0 Å². The van der Waals surface area contributed by atoms with E-state index in [1.807, 2.05) is 13.2 Å². The molecule has 0 radical (unpaired) electrons. The highest BCUT2D eigenvalue weighted by molar-refractivity contribution is 5.79. The number of hydrogen-bond acceptors (Lipinski definition) is 3. The molecule has 1 aromatic heterocycles. The zero-order valence-electron chi connectivity index (χ0n) is 18.3. The lowest BCUT2D eigenvalue weighted by atomic mass is 9.97. The molecule has 2 atom stereocenters. The van der Waals surface area contributed by atoms with Crippen molar-refractivity contribution in [3.8, 4) is 0 Å². The first-order valence-corrected chi connectivity index (χ1v) is 10.8. The molecule has 2 unspecified atom stereocenters. The van der Waals surface area contributed by atoms with Gasteiger partial charge in [-0.25, -0.2) is 4.98 Å². The second-order valence-electron chi connectivity index (χ2n) is 8.49. The first-order valence-electron chi connectivity index (χ1n) is 10.8. The highest BCUT2D eigenvalue weighted by atomic mass is 15.2. The van der Waals surface area contributed by atoms with E-state index in [1.54, 1.807) is 0 Å². The van der Waals surface area contributed by atoms with Crippen molar-refractivity contribution in [2.45, 2.75) is 65.3 Å². The second kappa shape index (κ2) is 10.4. The van der Waals surface area contributed by atoms with Crippen molar-refractivity contribution in [1.29, 1.82) is 0 Å². The molecule has 3 rings (SSSR count). The van der Waals surface area contributed by atoms with Crippen LogP contribution in [0, 0.1) is 5.92 Å². The normalized spacial score (nSPS) is 20.8. The molecule has 29 heavy (non-hydrogen) atoms. The van der Waals surface area contributed by atoms with Crippen LogP contribution in [0.1, 0.15) is 45.0 Å². The Labute approximate surface area is 175 Å². The minimum Gasteiger partial charge on any atom is -0.354 e. The number of hydrogen-bond donors (Lipinski definition) is 2. The summed E-state index contributed by atoms with van der Waals surface area (Å²) in [5.41, 5.74) is 1.39. The molecule has 0 aliphatic carbocycles. The fraction of sp³-hybridized carbons (Fsp3) is 0.565. The van der Waals surface area contributed by atoms with E-state index in [0.29, 0.717) is 24.5 Å². The van der Waals surface area contributed by atoms with Crippen LogP contribution < -0.4 is 10.6 Å². The van der Waals surface area contributed by atoms with Gasteiger partial charge >= 0.3 is 0 Å². The number of piperidine rings is 1. The van der Waals surface area contributed by atoms with Crippen molar-refractivity contribution >= 4 is 5.96 Å². The lowest BCUT2D eigenvalue weighted by Gasteiger charge is -2.38. The second-order valence-corrected chi connectivity index (χ2v) is 8.49. The molecular weight excluding hydrogens is 360 g/mol. The average molecular weight is 397 g/mol. The fourth-order valence-corrected chi connectivity index (χ4v) is 4.02. The summed E-state index contributed by atoms with van der Waals surface area (Å²) >= 11 is 0. The van der Waals surface area contributed by atoms with E-state index in [4.69, 9.17) is 0 Å². The van der Waals surface area contributed by atoms with Crippen LogP contribution in [0.5, 0.6) is 0 Å². The van der Waals surface area contributed by atoms with Gasteiger partial charge in [-0.05, 0) is 31.2 Å². The first-order chi connectivity index (χ1) is 14.0. The molecule has 1 aliphatic rings. The van der Waals surface area contributed by atoms with Gasteiger partial charge in [0.2, 0.25) is 0 Å². The van der Waals surface area contributed by atoms with Crippen molar-refractivity contribution in [3.63, 3.8) is 0 Å². The van der Waals surface area contributed by atoms with E-state index in [0.717, 1.165) is 44.3 Å². The molecule has 158 valence electrons. The van der Waals surface area contributed by atoms with Gasteiger partial charge in [-0.1, -0.05) is 44.2 Å². The van der Waals surface area contributed by atoms with E-state index in [9.17, 15) is 0 Å². The molecule has 6 nitrogen and oxygen atoms in total. The zero-order chi connectivity index (χ0) is 20.6. The Balaban J connectivity index is 1.47. The highest BCUT2D eigenvalue weighted by Crippen LogP contribution is 2.20. The van der Waals surface area contributed by atoms with Crippen LogP contribution in [-0.2, 0) is 19.6 Å². The van der Waals surface area contributed by atoms with Crippen LogP contribution in [0.4, 0.5) is 0 Å². The van der Waals surface area contributed by atoms with Crippen molar-refractivity contribution in [1.82, 2.24) is 25.1 Å². The molecule has 1 aromatic carbocycles. The van der Waals surface area contributed by atoms with E-state index in [2.05, 4.69) is 87.4 Å². The average Bonchev–Trinajstić information content (AvgIpc) is 3.14. The van der Waals surface area contributed by atoms with Gasteiger partial charge in [0.15, 0.2) is 5.96 Å². The molecule has 1 aliphatic heterocycles. The maximum Gasteiger partial charge on any atom is 0.191 e. The van der Waals surface area contributed by atoms with Gasteiger partial charge in [-0.3, -0.25) is 9.89 Å².